The molecule has 10 heteroatoms. The summed E-state index contributed by atoms with van der Waals surface area (Å²) in [5, 5.41) is 2.60. The summed E-state index contributed by atoms with van der Waals surface area (Å²) in [5.74, 6) is -0.590. The van der Waals surface area contributed by atoms with Gasteiger partial charge in [-0.1, -0.05) is 18.2 Å². The highest BCUT2D eigenvalue weighted by Crippen LogP contribution is 2.34. The number of amides is 2. The van der Waals surface area contributed by atoms with Crippen LogP contribution in [-0.4, -0.2) is 49.2 Å². The maximum atomic E-state index is 15.0. The molecule has 2 aliphatic heterocycles. The van der Waals surface area contributed by atoms with Crippen LogP contribution >= 0.6 is 0 Å². The zero-order valence-electron chi connectivity index (χ0n) is 19.3. The van der Waals surface area contributed by atoms with Crippen molar-refractivity contribution in [2.75, 3.05) is 31.1 Å². The Morgan fingerprint density at radius 1 is 1.11 bits per heavy atom. The fourth-order valence-electron chi connectivity index (χ4n) is 4.57. The SMILES string of the molecule is CC(=O)NC[C@H]1CN(c2ccc(C3CCN(Cc4ccc(C(F)(F)F)cc4)CC3)c(F)c2)C(=O)O1. The van der Waals surface area contributed by atoms with Crippen LogP contribution in [0.25, 0.3) is 0 Å². The van der Waals surface area contributed by atoms with Gasteiger partial charge in [-0.3, -0.25) is 14.6 Å². The van der Waals surface area contributed by atoms with E-state index in [4.69, 9.17) is 4.74 Å². The molecule has 0 spiro atoms. The van der Waals surface area contributed by atoms with Crippen molar-refractivity contribution in [2.45, 2.75) is 44.5 Å². The first-order valence-electron chi connectivity index (χ1n) is 11.5. The van der Waals surface area contributed by atoms with Crippen LogP contribution in [0, 0.1) is 5.82 Å². The van der Waals surface area contributed by atoms with Gasteiger partial charge >= 0.3 is 12.3 Å². The Kier molecular flexibility index (Phi) is 7.30. The predicted octanol–water partition coefficient (Wildman–Crippen LogP) is 4.69. The summed E-state index contributed by atoms with van der Waals surface area (Å²) in [6, 6.07) is 9.93. The average molecular weight is 494 g/mol. The summed E-state index contributed by atoms with van der Waals surface area (Å²) in [4.78, 5) is 26.8. The Morgan fingerprint density at radius 2 is 1.80 bits per heavy atom. The van der Waals surface area contributed by atoms with Crippen LogP contribution in [0.5, 0.6) is 0 Å². The van der Waals surface area contributed by atoms with Gasteiger partial charge in [0.15, 0.2) is 0 Å². The lowest BCUT2D eigenvalue weighted by molar-refractivity contribution is -0.137. The lowest BCUT2D eigenvalue weighted by Crippen LogP contribution is -2.33. The standard InChI is InChI=1S/C25H27F4N3O3/c1-16(33)30-13-21-15-32(24(34)35-21)20-6-7-22(23(26)12-20)18-8-10-31(11-9-18)14-17-2-4-19(5-3-17)25(27,28)29/h2-7,12,18,21H,8-11,13-15H2,1H3,(H,30,33)/t21-/m0/s1. The molecule has 1 N–H and O–H groups in total. The van der Waals surface area contributed by atoms with E-state index in [2.05, 4.69) is 10.2 Å². The number of nitrogens with zero attached hydrogens (tertiary/aromatic N) is 2. The molecule has 2 aromatic rings. The van der Waals surface area contributed by atoms with E-state index in [1.807, 2.05) is 0 Å². The molecule has 2 heterocycles. The van der Waals surface area contributed by atoms with Crippen molar-refractivity contribution in [3.05, 3.63) is 65.0 Å². The molecular weight excluding hydrogens is 466 g/mol. The number of nitrogens with one attached hydrogen (secondary N) is 1. The van der Waals surface area contributed by atoms with E-state index >= 15 is 4.39 Å². The van der Waals surface area contributed by atoms with E-state index in [9.17, 15) is 22.8 Å². The number of carbonyl (C=O) groups is 2. The number of halogens is 4. The molecule has 0 aromatic heterocycles. The van der Waals surface area contributed by atoms with Crippen LogP contribution < -0.4 is 10.2 Å². The zero-order chi connectivity index (χ0) is 25.2. The van der Waals surface area contributed by atoms with Crippen molar-refractivity contribution in [3.63, 3.8) is 0 Å². The Bertz CT molecular complexity index is 1070. The first kappa shape index (κ1) is 25.0. The molecule has 2 aromatic carbocycles. The van der Waals surface area contributed by atoms with Crippen LogP contribution in [0.2, 0.25) is 0 Å². The normalized spacial score (nSPS) is 19.6. The lowest BCUT2D eigenvalue weighted by Gasteiger charge is -2.32. The molecular formula is C25H27F4N3O3. The highest BCUT2D eigenvalue weighted by Gasteiger charge is 2.33. The molecule has 188 valence electrons. The summed E-state index contributed by atoms with van der Waals surface area (Å²) in [6.45, 7) is 3.75. The number of piperidine rings is 1. The summed E-state index contributed by atoms with van der Waals surface area (Å²) >= 11 is 0. The molecule has 2 saturated heterocycles. The van der Waals surface area contributed by atoms with Gasteiger partial charge in [-0.15, -0.1) is 0 Å². The third-order valence-corrected chi connectivity index (χ3v) is 6.46. The largest absolute Gasteiger partial charge is 0.442 e. The summed E-state index contributed by atoms with van der Waals surface area (Å²) in [5.41, 5.74) is 1.14. The summed E-state index contributed by atoms with van der Waals surface area (Å²) in [6.07, 6.45) is -3.98. The second kappa shape index (κ2) is 10.2. The molecule has 0 radical (unpaired) electrons. The minimum absolute atomic E-state index is 0.0194. The number of carbonyl (C=O) groups excluding carboxylic acids is 2. The number of likely N-dealkylation sites (tertiary alicyclic amines) is 1. The topological polar surface area (TPSA) is 61.9 Å². The number of hydrogen-bond donors (Lipinski definition) is 1. The second-order valence-electron chi connectivity index (χ2n) is 9.00. The Balaban J connectivity index is 1.32. The van der Waals surface area contributed by atoms with Crippen molar-refractivity contribution >= 4 is 17.7 Å². The first-order valence-corrected chi connectivity index (χ1v) is 11.5. The maximum absolute atomic E-state index is 15.0. The van der Waals surface area contributed by atoms with E-state index in [1.54, 1.807) is 12.1 Å². The Morgan fingerprint density at radius 3 is 2.40 bits per heavy atom. The number of benzene rings is 2. The number of cyclic esters (lactones) is 1. The average Bonchev–Trinajstić information content (AvgIpc) is 3.18. The van der Waals surface area contributed by atoms with Crippen molar-refractivity contribution < 1.29 is 31.9 Å². The summed E-state index contributed by atoms with van der Waals surface area (Å²) < 4.78 is 58.5. The van der Waals surface area contributed by atoms with Gasteiger partial charge in [-0.25, -0.2) is 9.18 Å². The first-order chi connectivity index (χ1) is 16.6. The van der Waals surface area contributed by atoms with Crippen molar-refractivity contribution in [1.29, 1.82) is 0 Å². The number of rotatable bonds is 6. The number of alkyl halides is 3. The van der Waals surface area contributed by atoms with Gasteiger partial charge in [-0.05, 0) is 67.2 Å². The van der Waals surface area contributed by atoms with Gasteiger partial charge in [0, 0.05) is 13.5 Å². The van der Waals surface area contributed by atoms with Crippen LogP contribution in [-0.2, 0) is 22.3 Å². The van der Waals surface area contributed by atoms with Crippen LogP contribution in [0.15, 0.2) is 42.5 Å². The molecule has 4 rings (SSSR count). The molecule has 2 fully saturated rings. The molecule has 0 saturated carbocycles. The zero-order valence-corrected chi connectivity index (χ0v) is 19.3. The van der Waals surface area contributed by atoms with Crippen molar-refractivity contribution in [2.24, 2.45) is 0 Å². The van der Waals surface area contributed by atoms with Gasteiger partial charge < -0.3 is 10.1 Å². The summed E-state index contributed by atoms with van der Waals surface area (Å²) in [7, 11) is 0. The minimum atomic E-state index is -4.35. The molecule has 2 aliphatic rings. The number of anilines is 1. The highest BCUT2D eigenvalue weighted by atomic mass is 19.4. The fourth-order valence-corrected chi connectivity index (χ4v) is 4.57. The fraction of sp³-hybridized carbons (Fsp3) is 0.440. The van der Waals surface area contributed by atoms with E-state index < -0.39 is 23.9 Å². The molecule has 0 unspecified atom stereocenters. The van der Waals surface area contributed by atoms with E-state index in [0.29, 0.717) is 30.9 Å². The molecule has 2 amide bonds. The number of ether oxygens (including phenoxy) is 1. The Hall–Kier alpha value is -3.14. The quantitative estimate of drug-likeness (QED) is 0.594. The minimum Gasteiger partial charge on any atom is -0.442 e. The van der Waals surface area contributed by atoms with Crippen molar-refractivity contribution in [1.82, 2.24) is 10.2 Å². The van der Waals surface area contributed by atoms with Gasteiger partial charge in [0.1, 0.15) is 11.9 Å². The van der Waals surface area contributed by atoms with Gasteiger partial charge in [0.25, 0.3) is 0 Å². The third-order valence-electron chi connectivity index (χ3n) is 6.46. The van der Waals surface area contributed by atoms with Gasteiger partial charge in [0.05, 0.1) is 24.3 Å². The van der Waals surface area contributed by atoms with Crippen LogP contribution in [0.3, 0.4) is 0 Å². The van der Waals surface area contributed by atoms with E-state index in [-0.39, 0.29) is 30.7 Å². The molecule has 35 heavy (non-hydrogen) atoms. The molecule has 0 aliphatic carbocycles. The van der Waals surface area contributed by atoms with E-state index in [1.165, 1.54) is 30.0 Å². The third kappa shape index (κ3) is 6.11. The monoisotopic (exact) mass is 493 g/mol. The Labute approximate surface area is 200 Å². The highest BCUT2D eigenvalue weighted by molar-refractivity contribution is 5.89. The van der Waals surface area contributed by atoms with Gasteiger partial charge in [0.2, 0.25) is 5.91 Å². The van der Waals surface area contributed by atoms with Crippen LogP contribution in [0.1, 0.15) is 42.4 Å². The van der Waals surface area contributed by atoms with Crippen LogP contribution in [0.4, 0.5) is 28.0 Å². The van der Waals surface area contributed by atoms with Gasteiger partial charge in [-0.2, -0.15) is 13.2 Å². The number of hydrogen-bond acceptors (Lipinski definition) is 4. The molecule has 6 nitrogen and oxygen atoms in total. The predicted molar refractivity (Wildman–Crippen MR) is 121 cm³/mol. The maximum Gasteiger partial charge on any atom is 0.416 e. The smallest absolute Gasteiger partial charge is 0.416 e. The molecule has 1 atom stereocenters. The molecule has 0 bridgehead atoms. The second-order valence-corrected chi connectivity index (χ2v) is 9.00. The van der Waals surface area contributed by atoms with Crippen molar-refractivity contribution in [3.8, 4) is 0 Å². The van der Waals surface area contributed by atoms with E-state index in [0.717, 1.165) is 30.5 Å². The lowest BCUT2D eigenvalue weighted by atomic mass is 9.88.